The first-order valence-corrected chi connectivity index (χ1v) is 8.21. The van der Waals surface area contributed by atoms with E-state index in [0.717, 1.165) is 29.7 Å². The first-order chi connectivity index (χ1) is 10.6. The molecule has 0 fully saturated rings. The molecular formula is C18H21FN2S. The molecule has 4 heteroatoms. The molecule has 2 unspecified atom stereocenters. The number of aromatic nitrogens is 2. The van der Waals surface area contributed by atoms with E-state index in [9.17, 15) is 4.39 Å². The van der Waals surface area contributed by atoms with E-state index in [1.807, 2.05) is 19.2 Å². The third-order valence-corrected chi connectivity index (χ3v) is 5.16. The van der Waals surface area contributed by atoms with Gasteiger partial charge in [0.05, 0.1) is 0 Å². The van der Waals surface area contributed by atoms with Crippen molar-refractivity contribution < 1.29 is 4.39 Å². The maximum Gasteiger partial charge on any atom is 0.174 e. The first-order valence-electron chi connectivity index (χ1n) is 7.80. The van der Waals surface area contributed by atoms with E-state index >= 15 is 0 Å². The summed E-state index contributed by atoms with van der Waals surface area (Å²) in [7, 11) is 0. The summed E-state index contributed by atoms with van der Waals surface area (Å²) in [4.78, 5) is 6.33. The van der Waals surface area contributed by atoms with Crippen molar-refractivity contribution in [2.45, 2.75) is 38.5 Å². The number of H-pyrrole nitrogens is 2. The summed E-state index contributed by atoms with van der Waals surface area (Å²) < 4.78 is 14.9. The van der Waals surface area contributed by atoms with Crippen LogP contribution in [0.25, 0.3) is 0 Å². The summed E-state index contributed by atoms with van der Waals surface area (Å²) in [6.07, 6.45) is 9.23. The standard InChI is InChI=1S/C18H21FN2S/c1-3-13-14(9-6-10-15(13)19)18(2,12-7-4-5-8-12)16-11-20-17(22)21-16/h4,6-7,9-12H,3,5,8H2,1-2H3,(H2,20,21,22). The summed E-state index contributed by atoms with van der Waals surface area (Å²) in [5.41, 5.74) is 2.56. The van der Waals surface area contributed by atoms with Crippen LogP contribution in [-0.4, -0.2) is 9.97 Å². The molecular weight excluding hydrogens is 295 g/mol. The molecule has 116 valence electrons. The number of hydrogen-bond acceptors (Lipinski definition) is 1. The van der Waals surface area contributed by atoms with Crippen LogP contribution in [0.1, 0.15) is 43.5 Å². The van der Waals surface area contributed by atoms with E-state index in [-0.39, 0.29) is 11.2 Å². The minimum atomic E-state index is -0.312. The SMILES string of the molecule is CCc1c(F)cccc1C(C)(c1c[nH]c(=S)[nH]1)C1C=CCC1. The number of allylic oxidation sites excluding steroid dienone is 2. The number of imidazole rings is 1. The molecule has 0 aliphatic heterocycles. The molecule has 2 nitrogen and oxygen atoms in total. The molecule has 0 saturated carbocycles. The quantitative estimate of drug-likeness (QED) is 0.600. The minimum Gasteiger partial charge on any atom is -0.337 e. The Morgan fingerprint density at radius 1 is 1.41 bits per heavy atom. The van der Waals surface area contributed by atoms with E-state index in [1.54, 1.807) is 6.07 Å². The molecule has 1 aliphatic carbocycles. The van der Waals surface area contributed by atoms with Crippen molar-refractivity contribution in [2.75, 3.05) is 0 Å². The summed E-state index contributed by atoms with van der Waals surface area (Å²) in [6, 6.07) is 5.41. The second-order valence-electron chi connectivity index (χ2n) is 6.09. The van der Waals surface area contributed by atoms with Gasteiger partial charge in [-0.2, -0.15) is 0 Å². The molecule has 0 saturated heterocycles. The van der Waals surface area contributed by atoms with Gasteiger partial charge in [0.15, 0.2) is 4.77 Å². The minimum absolute atomic E-state index is 0.123. The monoisotopic (exact) mass is 316 g/mol. The van der Waals surface area contributed by atoms with Crippen LogP contribution in [0, 0.1) is 16.5 Å². The van der Waals surface area contributed by atoms with Gasteiger partial charge in [0.25, 0.3) is 0 Å². The second-order valence-corrected chi connectivity index (χ2v) is 6.50. The molecule has 3 rings (SSSR count). The van der Waals surface area contributed by atoms with Gasteiger partial charge in [-0.15, -0.1) is 0 Å². The summed E-state index contributed by atoms with van der Waals surface area (Å²) in [6.45, 7) is 4.20. The Bertz CT molecular complexity index is 758. The Balaban J connectivity index is 2.24. The lowest BCUT2D eigenvalue weighted by Gasteiger charge is -2.36. The van der Waals surface area contributed by atoms with Gasteiger partial charge in [0, 0.05) is 17.3 Å². The van der Waals surface area contributed by atoms with Gasteiger partial charge in [-0.25, -0.2) is 4.39 Å². The normalized spacial score (nSPS) is 20.2. The highest BCUT2D eigenvalue weighted by Crippen LogP contribution is 2.44. The molecule has 0 radical (unpaired) electrons. The molecule has 0 bridgehead atoms. The van der Waals surface area contributed by atoms with Crippen molar-refractivity contribution in [3.8, 4) is 0 Å². The number of benzene rings is 1. The molecule has 2 N–H and O–H groups in total. The number of nitrogens with one attached hydrogen (secondary N) is 2. The van der Waals surface area contributed by atoms with Crippen LogP contribution in [0.2, 0.25) is 0 Å². The lowest BCUT2D eigenvalue weighted by molar-refractivity contribution is 0.395. The lowest BCUT2D eigenvalue weighted by Crippen LogP contribution is -2.33. The number of hydrogen-bond donors (Lipinski definition) is 2. The Kier molecular flexibility index (Phi) is 4.04. The van der Waals surface area contributed by atoms with E-state index < -0.39 is 0 Å². The predicted molar refractivity (Wildman–Crippen MR) is 90.1 cm³/mol. The molecule has 2 atom stereocenters. The smallest absolute Gasteiger partial charge is 0.174 e. The molecule has 1 aromatic heterocycles. The molecule has 1 heterocycles. The van der Waals surface area contributed by atoms with Gasteiger partial charge < -0.3 is 9.97 Å². The number of rotatable bonds is 4. The van der Waals surface area contributed by atoms with E-state index in [2.05, 4.69) is 35.1 Å². The molecule has 1 aliphatic rings. The van der Waals surface area contributed by atoms with Crippen molar-refractivity contribution in [3.63, 3.8) is 0 Å². The fourth-order valence-corrected chi connectivity index (χ4v) is 3.84. The van der Waals surface area contributed by atoms with Crippen LogP contribution in [0.15, 0.2) is 36.5 Å². The van der Waals surface area contributed by atoms with Gasteiger partial charge >= 0.3 is 0 Å². The highest BCUT2D eigenvalue weighted by molar-refractivity contribution is 7.71. The second kappa shape index (κ2) is 5.84. The van der Waals surface area contributed by atoms with Crippen LogP contribution in [0.3, 0.4) is 0 Å². The fourth-order valence-electron chi connectivity index (χ4n) is 3.67. The topological polar surface area (TPSA) is 31.6 Å². The average molecular weight is 316 g/mol. The van der Waals surface area contributed by atoms with E-state index in [0.29, 0.717) is 17.1 Å². The molecule has 2 aromatic rings. The number of halogens is 1. The summed E-state index contributed by atoms with van der Waals surface area (Å²) in [5, 5.41) is 0. The largest absolute Gasteiger partial charge is 0.337 e. The summed E-state index contributed by atoms with van der Waals surface area (Å²) in [5.74, 6) is 0.211. The van der Waals surface area contributed by atoms with Crippen LogP contribution < -0.4 is 0 Å². The average Bonchev–Trinajstić information content (AvgIpc) is 3.18. The fraction of sp³-hybridized carbons (Fsp3) is 0.389. The number of aromatic amines is 2. The molecule has 22 heavy (non-hydrogen) atoms. The lowest BCUT2D eigenvalue weighted by atomic mass is 9.67. The van der Waals surface area contributed by atoms with Crippen molar-refractivity contribution in [2.24, 2.45) is 5.92 Å². The predicted octanol–water partition coefficient (Wildman–Crippen LogP) is 5.05. The van der Waals surface area contributed by atoms with Crippen molar-refractivity contribution in [1.29, 1.82) is 0 Å². The van der Waals surface area contributed by atoms with E-state index in [1.165, 1.54) is 0 Å². The van der Waals surface area contributed by atoms with Gasteiger partial charge in [0.2, 0.25) is 0 Å². The Morgan fingerprint density at radius 2 is 2.23 bits per heavy atom. The van der Waals surface area contributed by atoms with Crippen molar-refractivity contribution in [3.05, 3.63) is 64.0 Å². The zero-order valence-corrected chi connectivity index (χ0v) is 13.8. The highest BCUT2D eigenvalue weighted by atomic mass is 32.1. The van der Waals surface area contributed by atoms with Crippen LogP contribution >= 0.6 is 12.2 Å². The zero-order chi connectivity index (χ0) is 15.7. The maximum atomic E-state index is 14.3. The Hall–Kier alpha value is -1.68. The van der Waals surface area contributed by atoms with Gasteiger partial charge in [-0.3, -0.25) is 0 Å². The first kappa shape index (κ1) is 15.2. The van der Waals surface area contributed by atoms with Gasteiger partial charge in [-0.1, -0.05) is 31.2 Å². The third kappa shape index (κ3) is 2.35. The summed E-state index contributed by atoms with van der Waals surface area (Å²) >= 11 is 5.21. The van der Waals surface area contributed by atoms with Crippen LogP contribution in [-0.2, 0) is 11.8 Å². The Labute approximate surface area is 135 Å². The van der Waals surface area contributed by atoms with Gasteiger partial charge in [0.1, 0.15) is 5.82 Å². The van der Waals surface area contributed by atoms with Crippen molar-refractivity contribution >= 4 is 12.2 Å². The zero-order valence-electron chi connectivity index (χ0n) is 12.9. The van der Waals surface area contributed by atoms with Crippen LogP contribution in [0.4, 0.5) is 4.39 Å². The maximum absolute atomic E-state index is 14.3. The third-order valence-electron chi connectivity index (χ3n) is 4.94. The Morgan fingerprint density at radius 3 is 2.82 bits per heavy atom. The molecule has 0 spiro atoms. The van der Waals surface area contributed by atoms with Crippen molar-refractivity contribution in [1.82, 2.24) is 9.97 Å². The molecule has 0 amide bonds. The van der Waals surface area contributed by atoms with Gasteiger partial charge in [-0.05, 0) is 61.5 Å². The molecule has 1 aromatic carbocycles. The van der Waals surface area contributed by atoms with Crippen LogP contribution in [0.5, 0.6) is 0 Å². The highest BCUT2D eigenvalue weighted by Gasteiger charge is 2.40. The van der Waals surface area contributed by atoms with E-state index in [4.69, 9.17) is 12.2 Å².